The number of hydrogen-bond acceptors (Lipinski definition) is 1. The van der Waals surface area contributed by atoms with E-state index in [0.717, 1.165) is 25.0 Å². The molecule has 1 aliphatic heterocycles. The molecule has 0 aromatic heterocycles. The van der Waals surface area contributed by atoms with Crippen molar-refractivity contribution < 1.29 is 4.74 Å². The summed E-state index contributed by atoms with van der Waals surface area (Å²) in [5, 5.41) is 0. The maximum atomic E-state index is 5.50. The van der Waals surface area contributed by atoms with Crippen LogP contribution in [0.2, 0.25) is 0 Å². The fraction of sp³-hybridized carbons (Fsp3) is 0.800. The fourth-order valence-electron chi connectivity index (χ4n) is 5.36. The lowest BCUT2D eigenvalue weighted by atomic mass is 9.47. The summed E-state index contributed by atoms with van der Waals surface area (Å²) in [7, 11) is 0. The Labute approximate surface area is 130 Å². The van der Waals surface area contributed by atoms with E-state index in [2.05, 4.69) is 39.8 Å². The predicted octanol–water partition coefficient (Wildman–Crippen LogP) is 5.52. The van der Waals surface area contributed by atoms with Crippen LogP contribution in [0.3, 0.4) is 0 Å². The van der Waals surface area contributed by atoms with Crippen LogP contribution in [0.5, 0.6) is 0 Å². The van der Waals surface area contributed by atoms with Crippen molar-refractivity contribution in [2.24, 2.45) is 22.7 Å². The number of rotatable bonds is 3. The van der Waals surface area contributed by atoms with Gasteiger partial charge in [0.05, 0.1) is 13.2 Å². The number of ether oxygens (including phenoxy) is 1. The zero-order valence-electron chi connectivity index (χ0n) is 14.4. The van der Waals surface area contributed by atoms with E-state index in [1.54, 1.807) is 11.1 Å². The van der Waals surface area contributed by atoms with Gasteiger partial charge in [0.2, 0.25) is 0 Å². The van der Waals surface area contributed by atoms with Crippen LogP contribution >= 0.6 is 0 Å². The smallest absolute Gasteiger partial charge is 0.0681 e. The number of allylic oxidation sites excluding steroid dienone is 2. The quantitative estimate of drug-likeness (QED) is 0.621. The van der Waals surface area contributed by atoms with Crippen molar-refractivity contribution >= 4 is 0 Å². The van der Waals surface area contributed by atoms with Crippen LogP contribution in [0.15, 0.2) is 23.3 Å². The summed E-state index contributed by atoms with van der Waals surface area (Å²) in [6.07, 6.45) is 12.9. The first-order chi connectivity index (χ1) is 9.97. The van der Waals surface area contributed by atoms with Crippen LogP contribution in [0.4, 0.5) is 0 Å². The molecule has 118 valence electrons. The zero-order chi connectivity index (χ0) is 15.1. The van der Waals surface area contributed by atoms with E-state index < -0.39 is 0 Å². The molecule has 0 N–H and O–H groups in total. The highest BCUT2D eigenvalue weighted by atomic mass is 16.5. The maximum Gasteiger partial charge on any atom is 0.0681 e. The molecule has 1 nitrogen and oxygen atoms in total. The van der Waals surface area contributed by atoms with Crippen molar-refractivity contribution in [3.8, 4) is 0 Å². The number of hydrogen-bond donors (Lipinski definition) is 0. The molecule has 4 atom stereocenters. The van der Waals surface area contributed by atoms with Gasteiger partial charge in [-0.2, -0.15) is 0 Å². The van der Waals surface area contributed by atoms with Gasteiger partial charge in [0.1, 0.15) is 0 Å². The second-order valence-corrected chi connectivity index (χ2v) is 8.26. The normalized spacial score (nSPS) is 43.2. The average molecular weight is 288 g/mol. The molecule has 0 amide bonds. The third-order valence-electron chi connectivity index (χ3n) is 7.36. The molecule has 3 rings (SSSR count). The Morgan fingerprint density at radius 1 is 1.24 bits per heavy atom. The van der Waals surface area contributed by atoms with E-state index in [4.69, 9.17) is 4.74 Å². The maximum absolute atomic E-state index is 5.50. The molecule has 1 heterocycles. The fourth-order valence-corrected chi connectivity index (χ4v) is 5.36. The van der Waals surface area contributed by atoms with Crippen LogP contribution in [0.1, 0.15) is 66.2 Å². The first-order valence-electron chi connectivity index (χ1n) is 8.90. The Kier molecular flexibility index (Phi) is 4.07. The molecule has 0 saturated heterocycles. The van der Waals surface area contributed by atoms with Crippen molar-refractivity contribution in [1.29, 1.82) is 0 Å². The minimum absolute atomic E-state index is 0.458. The van der Waals surface area contributed by atoms with Crippen LogP contribution in [0.25, 0.3) is 0 Å². The van der Waals surface area contributed by atoms with Gasteiger partial charge in [-0.05, 0) is 73.7 Å². The molecule has 0 aromatic carbocycles. The van der Waals surface area contributed by atoms with Gasteiger partial charge in [0.25, 0.3) is 0 Å². The van der Waals surface area contributed by atoms with Gasteiger partial charge in [0, 0.05) is 0 Å². The van der Waals surface area contributed by atoms with Crippen LogP contribution < -0.4 is 0 Å². The molecule has 0 spiro atoms. The summed E-state index contributed by atoms with van der Waals surface area (Å²) >= 11 is 0. The molecular formula is C20H32O. The van der Waals surface area contributed by atoms with Gasteiger partial charge in [0.15, 0.2) is 0 Å². The minimum Gasteiger partial charge on any atom is -0.373 e. The van der Waals surface area contributed by atoms with Crippen molar-refractivity contribution in [3.05, 3.63) is 23.3 Å². The minimum atomic E-state index is 0.458. The molecule has 0 aromatic rings. The van der Waals surface area contributed by atoms with Gasteiger partial charge in [-0.15, -0.1) is 0 Å². The predicted molar refractivity (Wildman–Crippen MR) is 89.2 cm³/mol. The van der Waals surface area contributed by atoms with Crippen LogP contribution in [-0.4, -0.2) is 13.2 Å². The van der Waals surface area contributed by atoms with Gasteiger partial charge in [-0.3, -0.25) is 0 Å². The molecule has 0 unspecified atom stereocenters. The summed E-state index contributed by atoms with van der Waals surface area (Å²) in [5.41, 5.74) is 4.16. The topological polar surface area (TPSA) is 9.23 Å². The van der Waals surface area contributed by atoms with Crippen LogP contribution in [0, 0.1) is 22.7 Å². The Balaban J connectivity index is 1.82. The standard InChI is InChI=1S/C20H32O/c1-15-6-5-7-18-19(15,3)11-8-16(2)20(18,4)12-9-17-10-13-21-14-17/h6,10,16,18H,5,7-9,11-14H2,1-4H3/t16-,18+,19+,20+/m1/s1. The summed E-state index contributed by atoms with van der Waals surface area (Å²) in [6, 6.07) is 0. The lowest BCUT2D eigenvalue weighted by molar-refractivity contribution is -0.0468. The Bertz CT molecular complexity index is 460. The lowest BCUT2D eigenvalue weighted by Gasteiger charge is -2.58. The van der Waals surface area contributed by atoms with E-state index in [0.29, 0.717) is 10.8 Å². The molecule has 0 radical (unpaired) electrons. The van der Waals surface area contributed by atoms with Crippen molar-refractivity contribution in [2.75, 3.05) is 13.2 Å². The van der Waals surface area contributed by atoms with E-state index in [9.17, 15) is 0 Å². The molecular weight excluding hydrogens is 256 g/mol. The molecule has 1 saturated carbocycles. The summed E-state index contributed by atoms with van der Waals surface area (Å²) in [5.74, 6) is 1.71. The largest absolute Gasteiger partial charge is 0.373 e. The molecule has 0 bridgehead atoms. The molecule has 1 heteroatoms. The lowest BCUT2D eigenvalue weighted by Crippen LogP contribution is -2.49. The second-order valence-electron chi connectivity index (χ2n) is 8.26. The van der Waals surface area contributed by atoms with Gasteiger partial charge in [-0.1, -0.05) is 38.5 Å². The summed E-state index contributed by atoms with van der Waals surface area (Å²) in [4.78, 5) is 0. The third kappa shape index (κ3) is 2.52. The first kappa shape index (κ1) is 15.3. The van der Waals surface area contributed by atoms with Gasteiger partial charge < -0.3 is 4.74 Å². The van der Waals surface area contributed by atoms with E-state index in [1.807, 2.05) is 0 Å². The average Bonchev–Trinajstić information content (AvgIpc) is 2.97. The van der Waals surface area contributed by atoms with Gasteiger partial charge >= 0.3 is 0 Å². The van der Waals surface area contributed by atoms with Crippen LogP contribution in [-0.2, 0) is 4.74 Å². The highest BCUT2D eigenvalue weighted by Crippen LogP contribution is 2.61. The SMILES string of the molecule is CC1=CCC[C@@H]2[C@@](C)(CCC3=CCOC3)[C@H](C)CC[C@@]12C. The summed E-state index contributed by atoms with van der Waals surface area (Å²) < 4.78 is 5.50. The zero-order valence-corrected chi connectivity index (χ0v) is 14.4. The molecule has 3 aliphatic rings. The monoisotopic (exact) mass is 288 g/mol. The summed E-state index contributed by atoms with van der Waals surface area (Å²) in [6.45, 7) is 11.7. The molecule has 1 fully saturated rings. The van der Waals surface area contributed by atoms with Crippen molar-refractivity contribution in [2.45, 2.75) is 66.2 Å². The van der Waals surface area contributed by atoms with Crippen molar-refractivity contribution in [1.82, 2.24) is 0 Å². The highest BCUT2D eigenvalue weighted by molar-refractivity contribution is 5.21. The van der Waals surface area contributed by atoms with E-state index >= 15 is 0 Å². The number of fused-ring (bicyclic) bond motifs is 1. The first-order valence-corrected chi connectivity index (χ1v) is 8.90. The Morgan fingerprint density at radius 2 is 2.05 bits per heavy atom. The third-order valence-corrected chi connectivity index (χ3v) is 7.36. The van der Waals surface area contributed by atoms with E-state index in [1.165, 1.54) is 38.5 Å². The van der Waals surface area contributed by atoms with Crippen molar-refractivity contribution in [3.63, 3.8) is 0 Å². The van der Waals surface area contributed by atoms with E-state index in [-0.39, 0.29) is 0 Å². The molecule has 21 heavy (non-hydrogen) atoms. The highest BCUT2D eigenvalue weighted by Gasteiger charge is 2.52. The second kappa shape index (κ2) is 5.57. The Hall–Kier alpha value is -0.560. The Morgan fingerprint density at radius 3 is 2.76 bits per heavy atom. The molecule has 2 aliphatic carbocycles. The van der Waals surface area contributed by atoms with Gasteiger partial charge in [-0.25, -0.2) is 0 Å².